The Morgan fingerprint density at radius 3 is 1.29 bits per heavy atom. The Labute approximate surface area is 409 Å². The third kappa shape index (κ3) is 43.7. The summed E-state index contributed by atoms with van der Waals surface area (Å²) >= 11 is 0. The maximum atomic E-state index is 13.1. The molecule has 0 aromatic rings. The molecule has 0 aliphatic carbocycles. The number of allylic oxidation sites excluding steroid dienone is 1. The molecule has 0 aromatic carbocycles. The molecule has 8 amide bonds. The summed E-state index contributed by atoms with van der Waals surface area (Å²) < 4.78 is 16.5. The van der Waals surface area contributed by atoms with Gasteiger partial charge in [0, 0.05) is 118 Å². The second-order valence-electron chi connectivity index (χ2n) is 16.1. The van der Waals surface area contributed by atoms with E-state index >= 15 is 0 Å². The monoisotopic (exact) mass is 987 g/mol. The van der Waals surface area contributed by atoms with Crippen molar-refractivity contribution in [2.45, 2.75) is 125 Å². The van der Waals surface area contributed by atoms with Gasteiger partial charge in [0.2, 0.25) is 35.4 Å². The Balaban J connectivity index is 5.03. The van der Waals surface area contributed by atoms with Crippen molar-refractivity contribution in [3.8, 4) is 0 Å². The van der Waals surface area contributed by atoms with E-state index in [1.807, 2.05) is 6.92 Å². The lowest BCUT2D eigenvalue weighted by molar-refractivity contribution is -0.122. The molecular formula is C46H86N10O13. The Kier molecular flexibility index (Phi) is 41.8. The van der Waals surface area contributed by atoms with Crippen LogP contribution in [0.4, 0.5) is 9.59 Å². The van der Waals surface area contributed by atoms with E-state index in [2.05, 4.69) is 42.9 Å². The van der Waals surface area contributed by atoms with E-state index in [1.165, 1.54) is 30.6 Å². The van der Waals surface area contributed by atoms with E-state index in [4.69, 9.17) is 23.9 Å². The highest BCUT2D eigenvalue weighted by atomic mass is 16.6. The molecule has 398 valence electrons. The molecule has 0 saturated heterocycles. The lowest BCUT2D eigenvalue weighted by Crippen LogP contribution is -2.43. The van der Waals surface area contributed by atoms with Crippen molar-refractivity contribution in [1.29, 1.82) is 0 Å². The fraction of sp³-hybridized carbons (Fsp3) is 0.783. The normalized spacial score (nSPS) is 10.9. The lowest BCUT2D eigenvalue weighted by atomic mass is 10.2. The van der Waals surface area contributed by atoms with Gasteiger partial charge in [-0.1, -0.05) is 19.3 Å². The summed E-state index contributed by atoms with van der Waals surface area (Å²) in [6.07, 6.45) is 9.69. The number of ether oxygens (including phenoxy) is 3. The van der Waals surface area contributed by atoms with E-state index in [9.17, 15) is 38.4 Å². The van der Waals surface area contributed by atoms with Gasteiger partial charge in [-0.15, -0.1) is 0 Å². The molecule has 0 unspecified atom stereocenters. The molecule has 69 heavy (non-hydrogen) atoms. The fourth-order valence-electron chi connectivity index (χ4n) is 6.02. The van der Waals surface area contributed by atoms with Crippen molar-refractivity contribution in [2.75, 3.05) is 112 Å². The Bertz CT molecular complexity index is 1430. The van der Waals surface area contributed by atoms with Gasteiger partial charge in [-0.2, -0.15) is 0 Å². The second kappa shape index (κ2) is 45.2. The molecule has 8 N–H and O–H groups in total. The average molecular weight is 987 g/mol. The van der Waals surface area contributed by atoms with Gasteiger partial charge in [-0.05, 0) is 71.3 Å². The van der Waals surface area contributed by atoms with Crippen LogP contribution in [0.2, 0.25) is 0 Å². The minimum absolute atomic E-state index is 0.00803. The molecule has 0 aliphatic heterocycles. The van der Waals surface area contributed by atoms with Crippen LogP contribution in [0, 0.1) is 0 Å². The summed E-state index contributed by atoms with van der Waals surface area (Å²) in [6, 6.07) is 0. The van der Waals surface area contributed by atoms with Crippen LogP contribution < -0.4 is 42.9 Å². The number of nitrogens with one attached hydrogen (secondary N) is 8. The number of carbonyl (C=O) groups is 8. The first-order valence-corrected chi connectivity index (χ1v) is 24.6. The van der Waals surface area contributed by atoms with Crippen LogP contribution in [0.3, 0.4) is 0 Å². The van der Waals surface area contributed by atoms with Crippen LogP contribution in [0.15, 0.2) is 11.8 Å². The van der Waals surface area contributed by atoms with Gasteiger partial charge in [0.1, 0.15) is 13.2 Å². The minimum atomic E-state index is -0.660. The maximum absolute atomic E-state index is 13.1. The maximum Gasteiger partial charge on any atom is 0.410 e. The Morgan fingerprint density at radius 1 is 0.435 bits per heavy atom. The molecule has 0 heterocycles. The van der Waals surface area contributed by atoms with Crippen LogP contribution in [0.5, 0.6) is 0 Å². The third-order valence-electron chi connectivity index (χ3n) is 9.77. The Morgan fingerprint density at radius 2 is 0.855 bits per heavy atom. The fourth-order valence-corrected chi connectivity index (χ4v) is 6.02. The molecule has 0 fully saturated rings. The molecule has 0 spiro atoms. The van der Waals surface area contributed by atoms with Gasteiger partial charge >= 0.3 is 12.2 Å². The largest absolute Gasteiger partial charge is 0.447 e. The van der Waals surface area contributed by atoms with E-state index in [0.29, 0.717) is 83.6 Å². The Hall–Kier alpha value is -5.26. The first kappa shape index (κ1) is 63.7. The lowest BCUT2D eigenvalue weighted by Gasteiger charge is -2.23. The zero-order valence-corrected chi connectivity index (χ0v) is 42.2. The van der Waals surface area contributed by atoms with E-state index in [-0.39, 0.29) is 108 Å². The summed E-state index contributed by atoms with van der Waals surface area (Å²) in [5.74, 6) is -0.756. The highest BCUT2D eigenvalue weighted by Gasteiger charge is 2.17. The molecular weight excluding hydrogens is 901 g/mol. The predicted molar refractivity (Wildman–Crippen MR) is 259 cm³/mol. The predicted octanol–water partition coefficient (Wildman–Crippen LogP) is 2.06. The number of carbonyl (C=O) groups excluding carboxylic acids is 8. The van der Waals surface area contributed by atoms with Crippen molar-refractivity contribution >= 4 is 47.6 Å². The quantitative estimate of drug-likeness (QED) is 0.0321. The smallest absolute Gasteiger partial charge is 0.410 e. The number of rotatable bonds is 44. The van der Waals surface area contributed by atoms with Crippen molar-refractivity contribution in [3.05, 3.63) is 11.8 Å². The van der Waals surface area contributed by atoms with Crippen molar-refractivity contribution in [3.63, 3.8) is 0 Å². The number of nitrogens with zero attached hydrogens (tertiary/aromatic N) is 2. The van der Waals surface area contributed by atoms with Crippen LogP contribution in [0.1, 0.15) is 125 Å². The van der Waals surface area contributed by atoms with Crippen LogP contribution in [-0.4, -0.2) is 169 Å². The van der Waals surface area contributed by atoms with E-state index in [1.54, 1.807) is 13.0 Å². The summed E-state index contributed by atoms with van der Waals surface area (Å²) in [4.78, 5) is 110. The van der Waals surface area contributed by atoms with Crippen molar-refractivity contribution in [1.82, 2.24) is 52.7 Å². The third-order valence-corrected chi connectivity index (χ3v) is 9.77. The molecule has 23 heteroatoms. The van der Waals surface area contributed by atoms with Gasteiger partial charge in [0.05, 0.1) is 26.4 Å². The number of unbranched alkanes of at least 4 members (excludes halogenated alkanes) is 7. The summed E-state index contributed by atoms with van der Waals surface area (Å²) in [7, 11) is 0. The average Bonchev–Trinajstić information content (AvgIpc) is 3.30. The molecule has 0 aliphatic rings. The minimum Gasteiger partial charge on any atom is -0.447 e. The highest BCUT2D eigenvalue weighted by molar-refractivity contribution is 5.77. The number of hydrogen-bond acceptors (Lipinski definition) is 15. The molecule has 0 saturated carbocycles. The highest BCUT2D eigenvalue weighted by Crippen LogP contribution is 2.03. The molecule has 23 nitrogen and oxygen atoms in total. The number of amides is 8. The first-order valence-electron chi connectivity index (χ1n) is 24.6. The standard InChI is InChI=1S/C46H86N10O13/c1-6-68-53-25-16-17-33-69-54-38(2)21-29-55(30-26-50-42(60)18-10-7-13-22-47-39(3)57)45(63)66-36-34-65-35-37-67-46(64)56(31-27-51-43(61)19-11-8-14-23-48-40(4)58)32-28-52-44(62)20-12-9-15-24-49-41(5)59/h21,53-54H,6-20,22-37H2,1-5H3,(H,47,57)(H,48,58)(H,49,59)(H,50,60)(H,51,61)(H,52,62). The van der Waals surface area contributed by atoms with Crippen molar-refractivity contribution < 1.29 is 62.2 Å². The zero-order chi connectivity index (χ0) is 51.2. The first-order chi connectivity index (χ1) is 33.2. The van der Waals surface area contributed by atoms with Crippen LogP contribution >= 0.6 is 0 Å². The second-order valence-corrected chi connectivity index (χ2v) is 16.1. The molecule has 0 atom stereocenters. The van der Waals surface area contributed by atoms with Gasteiger partial charge in [-0.3, -0.25) is 39.1 Å². The van der Waals surface area contributed by atoms with Gasteiger partial charge in [0.15, 0.2) is 0 Å². The van der Waals surface area contributed by atoms with Gasteiger partial charge in [0.25, 0.3) is 0 Å². The SMILES string of the molecule is CCONCCCCONC(C)=CCN(CCNC(=O)CCCCCNC(C)=O)C(=O)OCCOCCOC(=O)N(CCNC(=O)CCCCCNC(C)=O)CCNC(=O)CCCCCNC(C)=O. The number of hydrogen-bond donors (Lipinski definition) is 8. The van der Waals surface area contributed by atoms with Gasteiger partial charge in [-0.25, -0.2) is 15.1 Å². The topological polar surface area (TPSA) is 285 Å². The van der Waals surface area contributed by atoms with Crippen LogP contribution in [0.25, 0.3) is 0 Å². The zero-order valence-electron chi connectivity index (χ0n) is 42.2. The molecule has 0 rings (SSSR count). The molecule has 0 radical (unpaired) electrons. The molecule has 0 aromatic heterocycles. The van der Waals surface area contributed by atoms with Gasteiger partial charge < -0.3 is 60.7 Å². The number of hydroxylamine groups is 2. The van der Waals surface area contributed by atoms with Crippen LogP contribution in [-0.2, 0) is 52.7 Å². The van der Waals surface area contributed by atoms with E-state index in [0.717, 1.165) is 51.4 Å². The van der Waals surface area contributed by atoms with Crippen molar-refractivity contribution in [2.24, 2.45) is 0 Å². The summed E-state index contributed by atoms with van der Waals surface area (Å²) in [5.41, 5.74) is 6.41. The van der Waals surface area contributed by atoms with E-state index < -0.39 is 12.2 Å². The molecule has 0 bridgehead atoms. The summed E-state index contributed by atoms with van der Waals surface area (Å²) in [6.45, 7) is 12.5. The summed E-state index contributed by atoms with van der Waals surface area (Å²) in [5, 5.41) is 16.6.